The molecule has 3 saturated carbocycles. The summed E-state index contributed by atoms with van der Waals surface area (Å²) in [7, 11) is 0. The van der Waals surface area contributed by atoms with E-state index in [4.69, 9.17) is 20.4 Å². The van der Waals surface area contributed by atoms with Crippen molar-refractivity contribution in [3.63, 3.8) is 0 Å². The van der Waals surface area contributed by atoms with Crippen molar-refractivity contribution in [1.82, 2.24) is 0 Å². The second-order valence-electron chi connectivity index (χ2n) is 22.9. The molecule has 3 unspecified atom stereocenters. The Morgan fingerprint density at radius 3 is 0.821 bits per heavy atom. The number of aliphatic hydroxyl groups excluding tert-OH is 3. The van der Waals surface area contributed by atoms with Gasteiger partial charge in [0, 0.05) is 5.41 Å². The van der Waals surface area contributed by atoms with E-state index in [9.17, 15) is 49.2 Å². The van der Waals surface area contributed by atoms with E-state index < -0.39 is 56.9 Å². The summed E-state index contributed by atoms with van der Waals surface area (Å²) in [6.07, 6.45) is 23.9. The first kappa shape index (κ1) is 61.9. The molecule has 0 aromatic carbocycles. The van der Waals surface area contributed by atoms with Crippen molar-refractivity contribution in [2.24, 2.45) is 32.5 Å². The predicted molar refractivity (Wildman–Crippen MR) is 259 cm³/mol. The summed E-state index contributed by atoms with van der Waals surface area (Å²) in [5, 5.41) is 75.3. The van der Waals surface area contributed by atoms with Gasteiger partial charge in [-0.2, -0.15) is 0 Å². The molecular weight excluding hydrogens is 861 g/mol. The maximum Gasteiger partial charge on any atom is 0.309 e. The van der Waals surface area contributed by atoms with Crippen molar-refractivity contribution in [2.75, 3.05) is 0 Å². The number of aliphatic hydroxyl groups is 3. The van der Waals surface area contributed by atoms with Crippen LogP contribution in [-0.2, 0) is 28.8 Å². The summed E-state index contributed by atoms with van der Waals surface area (Å²) < 4.78 is 0. The minimum atomic E-state index is -0.777. The van der Waals surface area contributed by atoms with Gasteiger partial charge in [0.25, 0.3) is 0 Å². The summed E-state index contributed by atoms with van der Waals surface area (Å²) in [4.78, 5) is 66.7. The maximum absolute atomic E-state index is 11.4. The highest BCUT2D eigenvalue weighted by Crippen LogP contribution is 2.51. The third-order valence-electron chi connectivity index (χ3n) is 15.6. The molecule has 0 radical (unpaired) electrons. The van der Waals surface area contributed by atoms with Crippen LogP contribution in [0.25, 0.3) is 0 Å². The van der Waals surface area contributed by atoms with Gasteiger partial charge in [0.1, 0.15) is 5.78 Å². The fraction of sp³-hybridized carbons (Fsp3) is 0.887. The molecule has 3 atom stereocenters. The Bertz CT molecular complexity index is 1400. The van der Waals surface area contributed by atoms with E-state index in [0.717, 1.165) is 161 Å². The number of hydrogen-bond acceptors (Lipinski definition) is 9. The van der Waals surface area contributed by atoms with Crippen molar-refractivity contribution in [1.29, 1.82) is 0 Å². The standard InChI is InChI=1S/C18H32O5.C18H32O4.C17H30O5/c1-17(2,15(20)21)10-5-3-8-14(19)9-4-6-11-18(16(22)23)12-7-13-18;1-14(19)17(2,3)10-6-4-8-15(20)9-5-7-11-18(12-13-18)16(21)22;1-16(2,14(19)20)9-5-3-7-13(18)8-4-6-10-17(11-12-17)15(21)22/h14,19H,3-13H2,1-2H3,(H,20,21)(H,22,23);15,20H,4-13H2,1-3H3,(H,21,22);13,18H,3-12H2,1-2H3,(H,19,20)(H,21,22). The van der Waals surface area contributed by atoms with Crippen molar-refractivity contribution >= 4 is 35.6 Å². The van der Waals surface area contributed by atoms with Gasteiger partial charge in [-0.1, -0.05) is 97.3 Å². The highest BCUT2D eigenvalue weighted by molar-refractivity contribution is 5.81. The topological polar surface area (TPSA) is 264 Å². The Kier molecular flexibility index (Phi) is 27.0. The average molecular weight is 955 g/mol. The van der Waals surface area contributed by atoms with Gasteiger partial charge >= 0.3 is 29.8 Å². The van der Waals surface area contributed by atoms with Gasteiger partial charge in [0.05, 0.1) is 45.4 Å². The first-order valence-corrected chi connectivity index (χ1v) is 25.8. The van der Waals surface area contributed by atoms with Crippen LogP contribution in [0.5, 0.6) is 0 Å². The molecule has 0 aromatic rings. The Morgan fingerprint density at radius 2 is 0.627 bits per heavy atom. The lowest BCUT2D eigenvalue weighted by molar-refractivity contribution is -0.155. The van der Waals surface area contributed by atoms with Crippen LogP contribution in [-0.4, -0.2) is 94.8 Å². The number of rotatable bonds is 36. The minimum absolute atomic E-state index is 0.223. The zero-order valence-electron chi connectivity index (χ0n) is 42.7. The monoisotopic (exact) mass is 955 g/mol. The number of carboxylic acids is 5. The lowest BCUT2D eigenvalue weighted by Gasteiger charge is -2.37. The van der Waals surface area contributed by atoms with E-state index in [2.05, 4.69) is 0 Å². The Balaban J connectivity index is 0.000000503. The molecular formula is C53H94O14. The number of carbonyl (C=O) groups excluding carboxylic acids is 1. The maximum atomic E-state index is 11.4. The second-order valence-corrected chi connectivity index (χ2v) is 22.9. The molecule has 390 valence electrons. The summed E-state index contributed by atoms with van der Waals surface area (Å²) in [5.74, 6) is -3.32. The number of carboxylic acid groups (broad SMARTS) is 5. The van der Waals surface area contributed by atoms with Crippen LogP contribution in [0.4, 0.5) is 0 Å². The summed E-state index contributed by atoms with van der Waals surface area (Å²) in [6.45, 7) is 12.5. The quantitative estimate of drug-likeness (QED) is 0.0272. The molecule has 0 aromatic heterocycles. The molecule has 3 fully saturated rings. The summed E-state index contributed by atoms with van der Waals surface area (Å²) >= 11 is 0. The van der Waals surface area contributed by atoms with Crippen LogP contribution < -0.4 is 0 Å². The number of Topliss-reactive ketones (excluding diaryl/α,β-unsaturated/α-hetero) is 1. The SMILES string of the molecule is CC(=O)C(C)(C)CCCCC(O)CCCCC1(C(=O)O)CC1.CC(C)(CCCCC(O)CCCCC1(C(=O)O)CC1)C(=O)O.CC(C)(CCCCC(O)CCCCC1(C(=O)O)CCC1)C(=O)O. The van der Waals surface area contributed by atoms with Crippen molar-refractivity contribution in [3.8, 4) is 0 Å². The average Bonchev–Trinajstić information content (AvgIpc) is 4.16. The van der Waals surface area contributed by atoms with E-state index in [1.165, 1.54) is 0 Å². The number of unbranched alkanes of at least 4 members (excludes halogenated alkanes) is 6. The summed E-state index contributed by atoms with van der Waals surface area (Å²) in [5.41, 5.74) is -3.00. The molecule has 0 saturated heterocycles. The molecule has 0 spiro atoms. The molecule has 3 rings (SSSR count). The normalized spacial score (nSPS) is 18.1. The van der Waals surface area contributed by atoms with E-state index in [0.29, 0.717) is 38.5 Å². The number of carbonyl (C=O) groups is 6. The third-order valence-corrected chi connectivity index (χ3v) is 15.6. The smallest absolute Gasteiger partial charge is 0.309 e. The fourth-order valence-corrected chi connectivity index (χ4v) is 8.81. The Hall–Kier alpha value is -3.10. The van der Waals surface area contributed by atoms with Gasteiger partial charge < -0.3 is 40.9 Å². The van der Waals surface area contributed by atoms with Crippen molar-refractivity contribution in [3.05, 3.63) is 0 Å². The van der Waals surface area contributed by atoms with Gasteiger partial charge in [-0.15, -0.1) is 0 Å². The molecule has 8 N–H and O–H groups in total. The van der Waals surface area contributed by atoms with Crippen LogP contribution in [0.1, 0.15) is 248 Å². The van der Waals surface area contributed by atoms with Crippen LogP contribution in [0.15, 0.2) is 0 Å². The molecule has 14 heteroatoms. The summed E-state index contributed by atoms with van der Waals surface area (Å²) in [6, 6.07) is 0. The number of aliphatic carboxylic acids is 5. The molecule has 14 nitrogen and oxygen atoms in total. The lowest BCUT2D eigenvalue weighted by Crippen LogP contribution is -2.37. The lowest BCUT2D eigenvalue weighted by atomic mass is 9.66. The Morgan fingerprint density at radius 1 is 0.388 bits per heavy atom. The van der Waals surface area contributed by atoms with Crippen LogP contribution in [0.3, 0.4) is 0 Å². The van der Waals surface area contributed by atoms with Gasteiger partial charge in [-0.25, -0.2) is 0 Å². The third kappa shape index (κ3) is 23.9. The molecule has 0 aliphatic heterocycles. The highest BCUT2D eigenvalue weighted by Gasteiger charge is 2.50. The van der Waals surface area contributed by atoms with E-state index in [1.54, 1.807) is 34.6 Å². The molecule has 0 heterocycles. The second kappa shape index (κ2) is 29.2. The Labute approximate surface area is 402 Å². The molecule has 3 aliphatic rings. The fourth-order valence-electron chi connectivity index (χ4n) is 8.81. The van der Waals surface area contributed by atoms with Gasteiger partial charge in [-0.3, -0.25) is 28.8 Å². The van der Waals surface area contributed by atoms with Crippen LogP contribution >= 0.6 is 0 Å². The first-order valence-electron chi connectivity index (χ1n) is 25.8. The zero-order chi connectivity index (χ0) is 51.1. The van der Waals surface area contributed by atoms with Crippen LogP contribution in [0, 0.1) is 32.5 Å². The van der Waals surface area contributed by atoms with Gasteiger partial charge in [0.2, 0.25) is 0 Å². The molecule has 0 amide bonds. The number of hydrogen-bond donors (Lipinski definition) is 8. The minimum Gasteiger partial charge on any atom is -0.481 e. The molecule has 67 heavy (non-hydrogen) atoms. The van der Waals surface area contributed by atoms with Gasteiger partial charge in [-0.05, 0) is 150 Å². The number of ketones is 1. The van der Waals surface area contributed by atoms with Crippen molar-refractivity contribution in [2.45, 2.75) is 266 Å². The van der Waals surface area contributed by atoms with Crippen LogP contribution in [0.2, 0.25) is 0 Å². The van der Waals surface area contributed by atoms with Gasteiger partial charge in [0.15, 0.2) is 0 Å². The zero-order valence-corrected chi connectivity index (χ0v) is 42.7. The van der Waals surface area contributed by atoms with Crippen molar-refractivity contribution < 1.29 is 69.6 Å². The highest BCUT2D eigenvalue weighted by atomic mass is 16.4. The molecule has 3 aliphatic carbocycles. The molecule has 0 bridgehead atoms. The van der Waals surface area contributed by atoms with E-state index in [-0.39, 0.29) is 29.5 Å². The van der Waals surface area contributed by atoms with E-state index in [1.807, 2.05) is 13.8 Å². The predicted octanol–water partition coefficient (Wildman–Crippen LogP) is 11.2. The van der Waals surface area contributed by atoms with E-state index >= 15 is 0 Å². The largest absolute Gasteiger partial charge is 0.481 e. The first-order chi connectivity index (χ1) is 31.1.